The largest absolute Gasteiger partial charge is 0.481 e. The molecule has 13 atom stereocenters. The van der Waals surface area contributed by atoms with E-state index in [-0.39, 0.29) is 45.2 Å². The minimum atomic E-state index is -2.85. The van der Waals surface area contributed by atoms with E-state index in [0.717, 1.165) is 64.9 Å². The molecule has 32 nitrogen and oxygen atoms in total. The van der Waals surface area contributed by atoms with Crippen molar-refractivity contribution in [2.45, 2.75) is 215 Å². The molecular formula is C53H91ClN12O20. The van der Waals surface area contributed by atoms with Crippen LogP contribution in [-0.2, 0) is 62.3 Å². The topological polar surface area (TPSA) is 542 Å². The molecule has 0 aromatic carbocycles. The van der Waals surface area contributed by atoms with Gasteiger partial charge in [0.15, 0.2) is 12.1 Å². The zero-order valence-corrected chi connectivity index (χ0v) is 49.7. The molecule has 86 heavy (non-hydrogen) atoms. The molecule has 0 saturated carbocycles. The molecule has 1 fully saturated rings. The summed E-state index contributed by atoms with van der Waals surface area (Å²) in [7, 11) is 0. The number of aliphatic hydroxyl groups excluding tert-OH is 5. The Kier molecular flexibility index (Phi) is 38.0. The number of aliphatic hydroxyl groups is 5. The highest BCUT2D eigenvalue weighted by atomic mass is 35.5. The lowest BCUT2D eigenvalue weighted by atomic mass is 10.0. The number of hydrogen-bond donors (Lipinski definition) is 19. The molecule has 0 spiro atoms. The zero-order valence-electron chi connectivity index (χ0n) is 48.9. The Bertz CT molecular complexity index is 2270. The van der Waals surface area contributed by atoms with E-state index in [2.05, 4.69) is 44.1 Å². The number of hydrogen-bond acceptors (Lipinski definition) is 21. The second kappa shape index (κ2) is 42.2. The highest BCUT2D eigenvalue weighted by Crippen LogP contribution is 2.15. The van der Waals surface area contributed by atoms with Crippen molar-refractivity contribution in [3.05, 3.63) is 11.8 Å². The van der Waals surface area contributed by atoms with Crippen molar-refractivity contribution in [3.8, 4) is 0 Å². The fourth-order valence-electron chi connectivity index (χ4n) is 8.58. The molecule has 1 rings (SSSR count). The Balaban J connectivity index is 3.98. The van der Waals surface area contributed by atoms with E-state index in [1.165, 1.54) is 12.8 Å². The van der Waals surface area contributed by atoms with Gasteiger partial charge in [0, 0.05) is 0 Å². The number of nitrogens with two attached hydrogens (primary N) is 3. The maximum Gasteiger partial charge on any atom is 0.335 e. The molecule has 0 aliphatic carbocycles. The maximum absolute atomic E-state index is 14.2. The minimum absolute atomic E-state index is 0.0842. The van der Waals surface area contributed by atoms with Crippen LogP contribution in [0.5, 0.6) is 0 Å². The lowest BCUT2D eigenvalue weighted by Crippen LogP contribution is -2.62. The lowest BCUT2D eigenvalue weighted by Gasteiger charge is -2.28. The molecule has 490 valence electrons. The Hall–Kier alpha value is -6.65. The standard InChI is InChI=1S/C53H91ClN12O20/c1-4-6-7-8-9-10-11-12-13-14-18-35(68)36(69)25-38(71)58-34-27-86-53(85)41(37(70)26-54)65-51(82)42(43(74)52(83)84)66-44(75)29(5-2)59-50(81)40(28(3)67)64-47(78)32(20-23-57)61-45(76)30(17-15-16-21-55)60-48(79)33(24-39(72)73)63-46(77)31(19-22-56)62-49(34)80/h5,28,30-37,40-43,67-70,74H,4,6-27,55-57H2,1-3H3,(H,58,71)(H,59,81)(H,60,79)(H,61,76)(H,62,80)(H,63,77)(H,64,78)(H,65,82)(H,66,75)(H,72,73)(H,83,84)/b29-5+/t28-,30-,31+,32+,33-,34-,35+,36+,37-,40+,41+,42+,43-/m0/s1. The Morgan fingerprint density at radius 3 is 1.60 bits per heavy atom. The molecule has 0 unspecified atom stereocenters. The van der Waals surface area contributed by atoms with Crippen molar-refractivity contribution in [2.24, 2.45) is 17.2 Å². The number of esters is 1. The molecule has 1 aliphatic heterocycles. The normalized spacial score (nSPS) is 24.5. The summed E-state index contributed by atoms with van der Waals surface area (Å²) in [5, 5.41) is 92.8. The fraction of sp³-hybridized carbons (Fsp3) is 0.736. The van der Waals surface area contributed by atoms with Crippen LogP contribution in [0.1, 0.15) is 136 Å². The quantitative estimate of drug-likeness (QED) is 0.0138. The number of nitrogens with one attached hydrogen (secondary N) is 9. The van der Waals surface area contributed by atoms with Gasteiger partial charge in [-0.1, -0.05) is 77.2 Å². The molecule has 1 saturated heterocycles. The van der Waals surface area contributed by atoms with Gasteiger partial charge in [-0.25, -0.2) is 9.59 Å². The number of carbonyl (C=O) groups excluding carboxylic acids is 10. The number of amides is 9. The first-order valence-electron chi connectivity index (χ1n) is 28.8. The first kappa shape index (κ1) is 77.4. The molecule has 33 heteroatoms. The summed E-state index contributed by atoms with van der Waals surface area (Å²) in [5.74, 6) is -18.2. The number of carboxylic acids is 2. The van der Waals surface area contributed by atoms with Crippen LogP contribution in [-0.4, -0.2) is 218 Å². The molecule has 0 radical (unpaired) electrons. The van der Waals surface area contributed by atoms with Crippen LogP contribution in [0, 0.1) is 0 Å². The van der Waals surface area contributed by atoms with Crippen LogP contribution >= 0.6 is 11.6 Å². The van der Waals surface area contributed by atoms with Crippen LogP contribution in [0.4, 0.5) is 0 Å². The first-order chi connectivity index (χ1) is 40.7. The van der Waals surface area contributed by atoms with Crippen LogP contribution in [0.2, 0.25) is 0 Å². The Morgan fingerprint density at radius 1 is 0.605 bits per heavy atom. The average molecular weight is 1250 g/mol. The number of rotatable bonds is 30. The summed E-state index contributed by atoms with van der Waals surface area (Å²) in [4.78, 5) is 163. The SMILES string of the molecule is C/C=C1/NC(=O)[C@@H]([C@H](C)O)NC(=O)[C@@H](CCN)NC(=O)[C@H](CCCCN)NC(=O)[C@H](CC(=O)O)NC(=O)[C@@H](CCN)NC(=O)[C@@H](NC(=O)C[C@@H](O)[C@H](O)CCCCCCCCCCCC)COC(=O)[C@@H]([C@@H](O)CCl)NC(=O)[C@@H]([C@H](O)C(=O)O)NC1=O. The van der Waals surface area contributed by atoms with Crippen LogP contribution in [0.25, 0.3) is 0 Å². The Labute approximate surface area is 503 Å². The van der Waals surface area contributed by atoms with Crippen LogP contribution in [0.3, 0.4) is 0 Å². The van der Waals surface area contributed by atoms with E-state index in [1.54, 1.807) is 0 Å². The molecule has 0 aromatic rings. The van der Waals surface area contributed by atoms with E-state index in [1.807, 2.05) is 10.6 Å². The molecule has 1 aliphatic rings. The van der Waals surface area contributed by atoms with Crippen LogP contribution < -0.4 is 65.1 Å². The van der Waals surface area contributed by atoms with Gasteiger partial charge in [-0.15, -0.1) is 11.6 Å². The number of carbonyl (C=O) groups is 12. The highest BCUT2D eigenvalue weighted by molar-refractivity contribution is 6.18. The third-order valence-electron chi connectivity index (χ3n) is 13.6. The Morgan fingerprint density at radius 2 is 1.10 bits per heavy atom. The molecule has 9 amide bonds. The summed E-state index contributed by atoms with van der Waals surface area (Å²) in [6.45, 7) is 2.50. The van der Waals surface area contributed by atoms with Crippen molar-refractivity contribution >= 4 is 82.7 Å². The molecule has 0 aromatic heterocycles. The predicted molar refractivity (Wildman–Crippen MR) is 306 cm³/mol. The number of ether oxygens (including phenoxy) is 1. The molecule has 1 heterocycles. The molecule has 0 bridgehead atoms. The second-order valence-electron chi connectivity index (χ2n) is 20.7. The summed E-state index contributed by atoms with van der Waals surface area (Å²) in [6, 6.07) is -16.1. The third kappa shape index (κ3) is 28.7. The number of allylic oxidation sites excluding steroid dienone is 1. The maximum atomic E-state index is 14.2. The summed E-state index contributed by atoms with van der Waals surface area (Å²) >= 11 is 5.85. The van der Waals surface area contributed by atoms with Gasteiger partial charge in [0.2, 0.25) is 47.3 Å². The van der Waals surface area contributed by atoms with Gasteiger partial charge in [0.25, 0.3) is 5.91 Å². The smallest absolute Gasteiger partial charge is 0.335 e. The van der Waals surface area contributed by atoms with Gasteiger partial charge in [0.05, 0.1) is 43.1 Å². The number of unbranched alkanes of at least 4 members (excludes halogenated alkanes) is 10. The third-order valence-corrected chi connectivity index (χ3v) is 13.9. The van der Waals surface area contributed by atoms with Crippen molar-refractivity contribution in [1.29, 1.82) is 0 Å². The zero-order chi connectivity index (χ0) is 65.1. The van der Waals surface area contributed by atoms with E-state index in [0.29, 0.717) is 6.42 Å². The monoisotopic (exact) mass is 1250 g/mol. The van der Waals surface area contributed by atoms with Crippen LogP contribution in [0.15, 0.2) is 11.8 Å². The van der Waals surface area contributed by atoms with E-state index >= 15 is 0 Å². The van der Waals surface area contributed by atoms with E-state index < -0.39 is 194 Å². The first-order valence-corrected chi connectivity index (χ1v) is 29.3. The number of aliphatic carboxylic acids is 2. The number of cyclic esters (lactones) is 1. The fourth-order valence-corrected chi connectivity index (χ4v) is 8.76. The number of halogens is 1. The van der Waals surface area contributed by atoms with Gasteiger partial charge in [-0.3, -0.25) is 47.9 Å². The number of carboxylic acid groups (broad SMARTS) is 2. The van der Waals surface area contributed by atoms with Crippen molar-refractivity contribution in [3.63, 3.8) is 0 Å². The second-order valence-corrected chi connectivity index (χ2v) is 21.0. The molecular weight excluding hydrogens is 1160 g/mol. The van der Waals surface area contributed by atoms with Crippen molar-refractivity contribution in [1.82, 2.24) is 47.9 Å². The summed E-state index contributed by atoms with van der Waals surface area (Å²) < 4.78 is 5.26. The van der Waals surface area contributed by atoms with Gasteiger partial charge in [-0.05, 0) is 72.0 Å². The van der Waals surface area contributed by atoms with Gasteiger partial charge in [0.1, 0.15) is 54.6 Å². The highest BCUT2D eigenvalue weighted by Gasteiger charge is 2.41. The van der Waals surface area contributed by atoms with Gasteiger partial charge in [-0.2, -0.15) is 0 Å². The van der Waals surface area contributed by atoms with Gasteiger partial charge >= 0.3 is 17.9 Å². The van der Waals surface area contributed by atoms with Crippen molar-refractivity contribution < 1.29 is 98.0 Å². The number of alkyl halides is 1. The van der Waals surface area contributed by atoms with E-state index in [4.69, 9.17) is 33.5 Å². The van der Waals surface area contributed by atoms with Gasteiger partial charge < -0.3 is 106 Å². The summed E-state index contributed by atoms with van der Waals surface area (Å²) in [6.07, 6.45) is -1.69. The average Bonchev–Trinajstić information content (AvgIpc) is 3.36. The van der Waals surface area contributed by atoms with E-state index in [9.17, 15) is 93.3 Å². The molecule has 22 N–H and O–H groups in total. The summed E-state index contributed by atoms with van der Waals surface area (Å²) in [5.41, 5.74) is 16.4. The minimum Gasteiger partial charge on any atom is -0.481 e. The lowest BCUT2D eigenvalue weighted by molar-refractivity contribution is -0.155. The predicted octanol–water partition coefficient (Wildman–Crippen LogP) is -5.41. The van der Waals surface area contributed by atoms with Crippen molar-refractivity contribution in [2.75, 3.05) is 32.1 Å².